The summed E-state index contributed by atoms with van der Waals surface area (Å²) in [6.45, 7) is 4.93. The Balaban J connectivity index is 1.79. The minimum Gasteiger partial charge on any atom is -0.351 e. The van der Waals surface area contributed by atoms with Gasteiger partial charge in [0.1, 0.15) is 5.82 Å². The van der Waals surface area contributed by atoms with Crippen LogP contribution in [0.25, 0.3) is 17.0 Å². The molecule has 0 aliphatic carbocycles. The molecule has 0 saturated heterocycles. The number of allylic oxidation sites excluding steroid dienone is 1. The number of nitrogens with one attached hydrogen (secondary N) is 1. The fourth-order valence-electron chi connectivity index (χ4n) is 3.65. The van der Waals surface area contributed by atoms with Gasteiger partial charge in [-0.3, -0.25) is 0 Å². The second kappa shape index (κ2) is 9.20. The van der Waals surface area contributed by atoms with Gasteiger partial charge in [-0.2, -0.15) is 4.98 Å². The van der Waals surface area contributed by atoms with Gasteiger partial charge in [-0.25, -0.2) is 4.39 Å². The van der Waals surface area contributed by atoms with Crippen molar-refractivity contribution >= 4 is 34.7 Å². The summed E-state index contributed by atoms with van der Waals surface area (Å²) in [6.07, 6.45) is 3.00. The average Bonchev–Trinajstić information content (AvgIpc) is 3.26. The molecule has 8 heteroatoms. The molecular weight excluding hydrogens is 431 g/mol. The number of hydrogen-bond donors (Lipinski definition) is 1. The van der Waals surface area contributed by atoms with Crippen LogP contribution in [0.15, 0.2) is 63.6 Å². The van der Waals surface area contributed by atoms with Gasteiger partial charge >= 0.3 is 0 Å². The molecule has 1 aliphatic heterocycles. The molecule has 0 radical (unpaired) electrons. The van der Waals surface area contributed by atoms with E-state index in [4.69, 9.17) is 16.7 Å². The molecule has 0 spiro atoms. The number of thiocarbonyl (C=S) groups is 1. The van der Waals surface area contributed by atoms with Crippen LogP contribution in [0.2, 0.25) is 0 Å². The molecule has 31 heavy (non-hydrogen) atoms. The van der Waals surface area contributed by atoms with Crippen LogP contribution in [0.1, 0.15) is 37.8 Å². The van der Waals surface area contributed by atoms with Gasteiger partial charge in [-0.05, 0) is 73.8 Å². The van der Waals surface area contributed by atoms with Crippen LogP contribution in [0.4, 0.5) is 4.39 Å². The number of thioether (sulfide) groups is 1. The van der Waals surface area contributed by atoms with Gasteiger partial charge in [0.05, 0.1) is 11.6 Å². The van der Waals surface area contributed by atoms with Gasteiger partial charge in [0.2, 0.25) is 5.82 Å². The van der Waals surface area contributed by atoms with Crippen molar-refractivity contribution in [2.75, 3.05) is 12.8 Å². The van der Waals surface area contributed by atoms with Crippen molar-refractivity contribution in [3.63, 3.8) is 0 Å². The number of rotatable bonds is 6. The Morgan fingerprint density at radius 2 is 1.87 bits per heavy atom. The molecule has 4 rings (SSSR count). The molecule has 1 aliphatic rings. The summed E-state index contributed by atoms with van der Waals surface area (Å²) in [5.74, 6) is 0.536. The lowest BCUT2D eigenvalue weighted by molar-refractivity contribution is 0.396. The van der Waals surface area contributed by atoms with Crippen LogP contribution in [0.3, 0.4) is 0 Å². The minimum atomic E-state index is -0.306. The Kier molecular flexibility index (Phi) is 6.38. The molecule has 0 saturated carbocycles. The third-order valence-corrected chi connectivity index (χ3v) is 6.33. The largest absolute Gasteiger partial charge is 0.351 e. The maximum atomic E-state index is 13.3. The molecule has 0 amide bonds. The molecular formula is C23H23FN4OS2. The summed E-state index contributed by atoms with van der Waals surface area (Å²) < 4.78 is 19.0. The summed E-state index contributed by atoms with van der Waals surface area (Å²) in [5.41, 5.74) is 3.63. The monoisotopic (exact) mass is 454 g/mol. The second-order valence-electron chi connectivity index (χ2n) is 7.24. The van der Waals surface area contributed by atoms with Crippen molar-refractivity contribution in [1.82, 2.24) is 20.4 Å². The van der Waals surface area contributed by atoms with Gasteiger partial charge in [0.25, 0.3) is 5.89 Å². The summed E-state index contributed by atoms with van der Waals surface area (Å²) in [5, 5.41) is 8.28. The van der Waals surface area contributed by atoms with E-state index < -0.39 is 0 Å². The quantitative estimate of drug-likeness (QED) is 0.380. The maximum absolute atomic E-state index is 13.3. The molecule has 1 atom stereocenters. The summed E-state index contributed by atoms with van der Waals surface area (Å²) in [4.78, 5) is 7.90. The number of nitrogens with zero attached hydrogens (tertiary/aromatic N) is 3. The second-order valence-corrected chi connectivity index (χ2v) is 8.50. The van der Waals surface area contributed by atoms with E-state index in [1.54, 1.807) is 23.9 Å². The first-order valence-electron chi connectivity index (χ1n) is 10.0. The maximum Gasteiger partial charge on any atom is 0.258 e. The third-order valence-electron chi connectivity index (χ3n) is 5.25. The molecule has 3 aromatic rings. The van der Waals surface area contributed by atoms with Gasteiger partial charge in [-0.15, -0.1) is 11.8 Å². The summed E-state index contributed by atoms with van der Waals surface area (Å²) in [6, 6.07) is 14.2. The number of halogens is 1. The first-order chi connectivity index (χ1) is 15.0. The molecule has 1 aromatic heterocycles. The predicted octanol–water partition coefficient (Wildman–Crippen LogP) is 5.67. The summed E-state index contributed by atoms with van der Waals surface area (Å²) in [7, 11) is 0. The molecule has 160 valence electrons. The van der Waals surface area contributed by atoms with E-state index in [0.717, 1.165) is 29.8 Å². The molecule has 0 bridgehead atoms. The van der Waals surface area contributed by atoms with E-state index in [2.05, 4.69) is 57.8 Å². The fourth-order valence-corrected chi connectivity index (χ4v) is 4.40. The van der Waals surface area contributed by atoms with Crippen LogP contribution in [0, 0.1) is 5.82 Å². The Morgan fingerprint density at radius 1 is 1.16 bits per heavy atom. The Bertz CT molecular complexity index is 1110. The number of aromatic nitrogens is 2. The van der Waals surface area contributed by atoms with Crippen molar-refractivity contribution in [3.05, 3.63) is 71.5 Å². The highest BCUT2D eigenvalue weighted by Gasteiger charge is 2.33. The first kappa shape index (κ1) is 21.5. The zero-order valence-electron chi connectivity index (χ0n) is 17.6. The van der Waals surface area contributed by atoms with Gasteiger partial charge < -0.3 is 14.7 Å². The van der Waals surface area contributed by atoms with E-state index in [9.17, 15) is 4.39 Å². The SMILES string of the molecule is CCCN1C(=S)NC(c2ccc(SC)cc2)C(c2nc(-c3ccc(F)cc3)no2)=C1C. The molecule has 0 fully saturated rings. The average molecular weight is 455 g/mol. The van der Waals surface area contributed by atoms with E-state index in [0.29, 0.717) is 22.4 Å². The zero-order valence-corrected chi connectivity index (χ0v) is 19.2. The molecule has 2 heterocycles. The third kappa shape index (κ3) is 4.36. The van der Waals surface area contributed by atoms with Crippen LogP contribution >= 0.6 is 24.0 Å². The molecule has 1 N–H and O–H groups in total. The fraction of sp³-hybridized carbons (Fsp3) is 0.261. The molecule has 1 unspecified atom stereocenters. The van der Waals surface area contributed by atoms with Crippen LogP contribution in [0.5, 0.6) is 0 Å². The molecule has 5 nitrogen and oxygen atoms in total. The topological polar surface area (TPSA) is 54.2 Å². The van der Waals surface area contributed by atoms with E-state index in [-0.39, 0.29) is 11.9 Å². The van der Waals surface area contributed by atoms with Crippen LogP contribution < -0.4 is 5.32 Å². The van der Waals surface area contributed by atoms with Crippen molar-refractivity contribution < 1.29 is 8.91 Å². The molecule has 2 aromatic carbocycles. The van der Waals surface area contributed by atoms with Crippen molar-refractivity contribution in [2.24, 2.45) is 0 Å². The van der Waals surface area contributed by atoms with Gasteiger partial charge in [-0.1, -0.05) is 24.2 Å². The highest BCUT2D eigenvalue weighted by atomic mass is 32.2. The van der Waals surface area contributed by atoms with Gasteiger partial charge in [0, 0.05) is 22.7 Å². The van der Waals surface area contributed by atoms with Crippen molar-refractivity contribution in [3.8, 4) is 11.4 Å². The Morgan fingerprint density at radius 3 is 2.52 bits per heavy atom. The first-order valence-corrected chi connectivity index (χ1v) is 11.7. The van der Waals surface area contributed by atoms with E-state index in [1.165, 1.54) is 17.0 Å². The van der Waals surface area contributed by atoms with Crippen molar-refractivity contribution in [2.45, 2.75) is 31.2 Å². The lowest BCUT2D eigenvalue weighted by Gasteiger charge is -2.37. The number of hydrogen-bond acceptors (Lipinski definition) is 5. The Labute approximate surface area is 190 Å². The van der Waals surface area contributed by atoms with E-state index >= 15 is 0 Å². The summed E-state index contributed by atoms with van der Waals surface area (Å²) >= 11 is 7.36. The van der Waals surface area contributed by atoms with E-state index in [1.807, 2.05) is 6.92 Å². The minimum absolute atomic E-state index is 0.210. The predicted molar refractivity (Wildman–Crippen MR) is 126 cm³/mol. The van der Waals surface area contributed by atoms with Crippen LogP contribution in [-0.2, 0) is 0 Å². The Hall–Kier alpha value is -2.71. The van der Waals surface area contributed by atoms with Crippen molar-refractivity contribution in [1.29, 1.82) is 0 Å². The number of benzene rings is 2. The van der Waals surface area contributed by atoms with Crippen LogP contribution in [-0.4, -0.2) is 33.0 Å². The normalized spacial score (nSPS) is 16.6. The standard InChI is InChI=1S/C23H23FN4OS2/c1-4-13-28-14(2)19(20(25-23(28)30)15-7-11-18(31-3)12-8-15)22-26-21(27-29-22)16-5-9-17(24)10-6-16/h5-12,20H,4,13H2,1-3H3,(H,25,30). The zero-order chi connectivity index (χ0) is 22.0. The smallest absolute Gasteiger partial charge is 0.258 e. The highest BCUT2D eigenvalue weighted by molar-refractivity contribution is 7.98. The lowest BCUT2D eigenvalue weighted by Crippen LogP contribution is -2.46. The highest BCUT2D eigenvalue weighted by Crippen LogP contribution is 2.37. The van der Waals surface area contributed by atoms with Gasteiger partial charge in [0.15, 0.2) is 5.11 Å². The lowest BCUT2D eigenvalue weighted by atomic mass is 9.95.